The summed E-state index contributed by atoms with van der Waals surface area (Å²) in [6.45, 7) is 1.18. The molecule has 1 aliphatic heterocycles. The van der Waals surface area contributed by atoms with Gasteiger partial charge in [-0.05, 0) is 18.2 Å². The van der Waals surface area contributed by atoms with E-state index >= 15 is 0 Å². The van der Waals surface area contributed by atoms with Crippen LogP contribution in [0.1, 0.15) is 12.6 Å². The molecule has 1 aromatic carbocycles. The highest BCUT2D eigenvalue weighted by atomic mass is 35.5. The third-order valence-electron chi connectivity index (χ3n) is 3.98. The molecule has 3 N–H and O–H groups in total. The molecule has 1 aromatic heterocycles. The molecule has 0 radical (unpaired) electrons. The largest absolute Gasteiger partial charge is 0.423 e. The zero-order valence-corrected chi connectivity index (χ0v) is 16.4. The van der Waals surface area contributed by atoms with Crippen LogP contribution in [0.25, 0.3) is 0 Å². The van der Waals surface area contributed by atoms with Crippen molar-refractivity contribution in [1.29, 1.82) is 0 Å². The zero-order chi connectivity index (χ0) is 20.3. The lowest BCUT2D eigenvalue weighted by atomic mass is 10.2. The Labute approximate surface area is 165 Å². The highest BCUT2D eigenvalue weighted by Gasteiger charge is 2.37. The second-order valence-electron chi connectivity index (χ2n) is 6.15. The first-order valence-corrected chi connectivity index (χ1v) is 10.6. The van der Waals surface area contributed by atoms with Gasteiger partial charge >= 0.3 is 13.3 Å². The minimum absolute atomic E-state index is 0.0303. The van der Waals surface area contributed by atoms with E-state index in [9.17, 15) is 14.5 Å². The molecule has 28 heavy (non-hydrogen) atoms. The number of hydrogen-bond acceptors (Lipinski definition) is 9. The number of halogens is 1. The fourth-order valence-corrected chi connectivity index (χ4v) is 3.93. The highest BCUT2D eigenvalue weighted by Crippen LogP contribution is 2.47. The number of ether oxygens (including phenoxy) is 1. The van der Waals surface area contributed by atoms with Crippen molar-refractivity contribution >= 4 is 25.0 Å². The summed E-state index contributed by atoms with van der Waals surface area (Å²) in [5.41, 5.74) is 1.05. The van der Waals surface area contributed by atoms with Gasteiger partial charge in [0.25, 0.3) is 0 Å². The summed E-state index contributed by atoms with van der Waals surface area (Å²) >= 11 is 5.98. The van der Waals surface area contributed by atoms with Crippen LogP contribution in [0, 0.1) is 0 Å². The van der Waals surface area contributed by atoms with Gasteiger partial charge in [0, 0.05) is 19.3 Å². The summed E-state index contributed by atoms with van der Waals surface area (Å²) in [6.07, 6.45) is -1.12. The van der Waals surface area contributed by atoms with Crippen LogP contribution < -0.4 is 15.7 Å². The molecule has 152 valence electrons. The Kier molecular flexibility index (Phi) is 6.39. The molecule has 4 atom stereocenters. The van der Waals surface area contributed by atoms with Crippen molar-refractivity contribution in [3.8, 4) is 5.75 Å². The fraction of sp³-hybridized carbons (Fsp3) is 0.375. The molecule has 1 aliphatic rings. The van der Waals surface area contributed by atoms with Crippen molar-refractivity contribution < 1.29 is 28.7 Å². The van der Waals surface area contributed by atoms with Crippen molar-refractivity contribution in [2.45, 2.75) is 24.9 Å². The van der Waals surface area contributed by atoms with Gasteiger partial charge in [0.1, 0.15) is 11.9 Å². The number of nitrogens with one attached hydrogen (secondary N) is 1. The van der Waals surface area contributed by atoms with Crippen molar-refractivity contribution in [2.75, 3.05) is 18.8 Å². The summed E-state index contributed by atoms with van der Waals surface area (Å²) < 4.78 is 30.0. The maximum atomic E-state index is 12.5. The fourth-order valence-electron chi connectivity index (χ4n) is 2.70. The Hall–Kier alpha value is -1.94. The molecule has 3 rings (SSSR count). The summed E-state index contributed by atoms with van der Waals surface area (Å²) in [4.78, 5) is 15.6. The Morgan fingerprint density at radius 1 is 1.43 bits per heavy atom. The predicted molar refractivity (Wildman–Crippen MR) is 100 cm³/mol. The molecule has 0 bridgehead atoms. The minimum atomic E-state index is -3.49. The highest BCUT2D eigenvalue weighted by molar-refractivity contribution is 7.53. The van der Waals surface area contributed by atoms with Crippen molar-refractivity contribution in [3.05, 3.63) is 52.0 Å². The number of anilines is 1. The van der Waals surface area contributed by atoms with Crippen molar-refractivity contribution in [2.24, 2.45) is 0 Å². The molecule has 0 aliphatic carbocycles. The van der Waals surface area contributed by atoms with Gasteiger partial charge in [-0.1, -0.05) is 23.7 Å². The van der Waals surface area contributed by atoms with Crippen LogP contribution >= 0.6 is 19.2 Å². The van der Waals surface area contributed by atoms with Crippen LogP contribution in [0.15, 0.2) is 41.3 Å². The monoisotopic (exact) mass is 431 g/mol. The number of rotatable bonds is 7. The van der Waals surface area contributed by atoms with Gasteiger partial charge in [-0.2, -0.15) is 4.98 Å². The maximum absolute atomic E-state index is 12.5. The van der Waals surface area contributed by atoms with E-state index < -0.39 is 31.7 Å². The maximum Gasteiger partial charge on any atom is 0.376 e. The summed E-state index contributed by atoms with van der Waals surface area (Å²) in [7, 11) is -3.49. The molecule has 0 saturated carbocycles. The number of aliphatic hydroxyl groups excluding tert-OH is 1. The molecule has 1 fully saturated rings. The first-order valence-electron chi connectivity index (χ1n) is 8.28. The van der Waals surface area contributed by atoms with E-state index in [0.717, 1.165) is 4.57 Å². The lowest BCUT2D eigenvalue weighted by Crippen LogP contribution is -2.31. The first-order chi connectivity index (χ1) is 13.3. The van der Waals surface area contributed by atoms with Crippen LogP contribution in [-0.2, 0) is 13.8 Å². The summed E-state index contributed by atoms with van der Waals surface area (Å²) in [6, 6.07) is 7.91. The molecule has 1 saturated heterocycles. The molecule has 0 spiro atoms. The standard InChI is InChI=1S/C16H19ClN3O7P/c1-28(24,27-13-5-3-2-4-11(13)17)25-9-10-8-12(21)15(26-10)20-7-6-14(19-23)18-16(20)22/h2-7,10,12,15,21,23H,8-9H2,1H3,(H,18,19,22)/t10?,12-,15?,28?/m1/s1. The van der Waals surface area contributed by atoms with Gasteiger partial charge < -0.3 is 14.4 Å². The number of benzene rings is 1. The van der Waals surface area contributed by atoms with E-state index in [0.29, 0.717) is 5.02 Å². The van der Waals surface area contributed by atoms with E-state index in [1.807, 2.05) is 0 Å². The van der Waals surface area contributed by atoms with Crippen molar-refractivity contribution in [1.82, 2.24) is 9.55 Å². The van der Waals surface area contributed by atoms with E-state index in [-0.39, 0.29) is 24.6 Å². The number of para-hydroxylation sites is 1. The average molecular weight is 432 g/mol. The predicted octanol–water partition coefficient (Wildman–Crippen LogP) is 2.26. The number of nitrogens with zero attached hydrogens (tertiary/aromatic N) is 2. The van der Waals surface area contributed by atoms with Crippen molar-refractivity contribution in [3.63, 3.8) is 0 Å². The molecule has 0 amide bonds. The van der Waals surface area contributed by atoms with Gasteiger partial charge in [-0.3, -0.25) is 19.8 Å². The molecule has 2 aromatic rings. The SMILES string of the molecule is CP(=O)(OCC1C[C@@H](O)C(n2ccc(NO)nc2=O)O1)Oc1ccccc1Cl. The van der Waals surface area contributed by atoms with Gasteiger partial charge in [0.15, 0.2) is 12.0 Å². The molecule has 3 unspecified atom stereocenters. The normalized spacial score (nSPS) is 23.9. The van der Waals surface area contributed by atoms with Gasteiger partial charge in [-0.15, -0.1) is 0 Å². The molecular formula is C16H19ClN3O7P. The smallest absolute Gasteiger partial charge is 0.376 e. The minimum Gasteiger partial charge on any atom is -0.423 e. The lowest BCUT2D eigenvalue weighted by molar-refractivity contribution is -0.0507. The molecule has 2 heterocycles. The van der Waals surface area contributed by atoms with E-state index in [1.165, 1.54) is 18.9 Å². The Bertz CT molecular complexity index is 940. The number of hydrogen-bond donors (Lipinski definition) is 3. The molecule has 10 nitrogen and oxygen atoms in total. The third kappa shape index (κ3) is 4.91. The van der Waals surface area contributed by atoms with Crippen LogP contribution in [0.4, 0.5) is 5.82 Å². The second-order valence-corrected chi connectivity index (χ2v) is 8.55. The van der Waals surface area contributed by atoms with E-state index in [4.69, 9.17) is 30.6 Å². The Balaban J connectivity index is 1.61. The second kappa shape index (κ2) is 8.60. The summed E-state index contributed by atoms with van der Waals surface area (Å²) in [5.74, 6) is 0.202. The topological polar surface area (TPSA) is 132 Å². The molecular weight excluding hydrogens is 413 g/mol. The van der Waals surface area contributed by atoms with Crippen LogP contribution in [0.2, 0.25) is 5.02 Å². The number of aliphatic hydroxyl groups is 1. The van der Waals surface area contributed by atoms with Crippen LogP contribution in [-0.4, -0.2) is 45.3 Å². The quantitative estimate of drug-likeness (QED) is 0.446. The average Bonchev–Trinajstić information content (AvgIpc) is 3.02. The summed E-state index contributed by atoms with van der Waals surface area (Å²) in [5, 5.41) is 19.3. The van der Waals surface area contributed by atoms with E-state index in [1.54, 1.807) is 29.7 Å². The van der Waals surface area contributed by atoms with Gasteiger partial charge in [-0.25, -0.2) is 9.36 Å². The first kappa shape index (κ1) is 20.8. The molecule has 12 heteroatoms. The Morgan fingerprint density at radius 3 is 2.86 bits per heavy atom. The van der Waals surface area contributed by atoms with Crippen LogP contribution in [0.5, 0.6) is 5.75 Å². The van der Waals surface area contributed by atoms with Gasteiger partial charge in [0.2, 0.25) is 0 Å². The van der Waals surface area contributed by atoms with Crippen LogP contribution in [0.3, 0.4) is 0 Å². The Morgan fingerprint density at radius 2 is 2.18 bits per heavy atom. The third-order valence-corrected chi connectivity index (χ3v) is 5.44. The van der Waals surface area contributed by atoms with E-state index in [2.05, 4.69) is 4.98 Å². The zero-order valence-electron chi connectivity index (χ0n) is 14.8. The number of aromatic nitrogens is 2. The lowest BCUT2D eigenvalue weighted by Gasteiger charge is -2.19. The van der Waals surface area contributed by atoms with Gasteiger partial charge in [0.05, 0.1) is 17.7 Å².